The topological polar surface area (TPSA) is 96.8 Å². The Morgan fingerprint density at radius 1 is 1.13 bits per heavy atom. The van der Waals surface area contributed by atoms with E-state index < -0.39 is 0 Å². The summed E-state index contributed by atoms with van der Waals surface area (Å²) in [7, 11) is 1.53. The van der Waals surface area contributed by atoms with Gasteiger partial charge in [0.2, 0.25) is 0 Å². The molecular formula is C23H38ClN5O2. The zero-order valence-electron chi connectivity index (χ0n) is 18.7. The summed E-state index contributed by atoms with van der Waals surface area (Å²) >= 11 is 6.09. The third kappa shape index (κ3) is 6.97. The van der Waals surface area contributed by atoms with Crippen molar-refractivity contribution in [2.45, 2.75) is 32.1 Å². The highest BCUT2D eigenvalue weighted by Crippen LogP contribution is 2.29. The normalized spacial score (nSPS) is 19.5. The minimum atomic E-state index is -0.164. The molecule has 31 heavy (non-hydrogen) atoms. The van der Waals surface area contributed by atoms with Crippen molar-refractivity contribution in [3.63, 3.8) is 0 Å². The zero-order valence-corrected chi connectivity index (χ0v) is 19.5. The second kappa shape index (κ2) is 11.9. The molecule has 2 fully saturated rings. The van der Waals surface area contributed by atoms with Crippen LogP contribution in [0, 0.1) is 11.8 Å². The molecule has 0 saturated carbocycles. The van der Waals surface area contributed by atoms with E-state index in [2.05, 4.69) is 15.1 Å². The fraction of sp³-hybridized carbons (Fsp3) is 0.696. The summed E-state index contributed by atoms with van der Waals surface area (Å²) in [6.07, 6.45) is 5.94. The Kier molecular flexibility index (Phi) is 9.26. The van der Waals surface area contributed by atoms with Gasteiger partial charge in [-0.2, -0.15) is 0 Å². The van der Waals surface area contributed by atoms with Crippen LogP contribution < -0.4 is 21.5 Å². The Labute approximate surface area is 191 Å². The molecule has 2 saturated heterocycles. The molecule has 3 rings (SSSR count). The van der Waals surface area contributed by atoms with Crippen molar-refractivity contribution in [1.29, 1.82) is 0 Å². The molecule has 1 aromatic carbocycles. The van der Waals surface area contributed by atoms with E-state index in [1.54, 1.807) is 12.1 Å². The minimum absolute atomic E-state index is 0.164. The molecule has 0 aromatic heterocycles. The number of carbonyl (C=O) groups excluding carboxylic acids is 1. The van der Waals surface area contributed by atoms with Gasteiger partial charge in [0.05, 0.1) is 23.4 Å². The van der Waals surface area contributed by atoms with E-state index in [4.69, 9.17) is 27.8 Å². The summed E-state index contributed by atoms with van der Waals surface area (Å²) in [6.45, 7) is 8.49. The molecule has 2 heterocycles. The average molecular weight is 452 g/mol. The van der Waals surface area contributed by atoms with Crippen molar-refractivity contribution >= 4 is 23.2 Å². The van der Waals surface area contributed by atoms with Gasteiger partial charge >= 0.3 is 0 Å². The number of halogens is 1. The average Bonchev–Trinajstić information content (AvgIpc) is 2.79. The van der Waals surface area contributed by atoms with E-state index in [1.807, 2.05) is 0 Å². The van der Waals surface area contributed by atoms with Gasteiger partial charge in [-0.1, -0.05) is 11.6 Å². The maximum atomic E-state index is 12.6. The summed E-state index contributed by atoms with van der Waals surface area (Å²) < 4.78 is 5.29. The molecule has 0 bridgehead atoms. The van der Waals surface area contributed by atoms with Crippen molar-refractivity contribution < 1.29 is 9.53 Å². The number of amides is 1. The largest absolute Gasteiger partial charge is 0.496 e. The van der Waals surface area contributed by atoms with Crippen LogP contribution >= 0.6 is 11.6 Å². The number of nitrogens with one attached hydrogen (secondary N) is 1. The second-order valence-corrected chi connectivity index (χ2v) is 9.36. The number of rotatable bonds is 9. The number of anilines is 1. The Morgan fingerprint density at radius 3 is 2.42 bits per heavy atom. The van der Waals surface area contributed by atoms with Crippen molar-refractivity contribution in [3.8, 4) is 5.75 Å². The smallest absolute Gasteiger partial charge is 0.255 e. The number of carbonyl (C=O) groups is 1. The lowest BCUT2D eigenvalue weighted by molar-refractivity contribution is 0.0921. The van der Waals surface area contributed by atoms with Gasteiger partial charge in [0, 0.05) is 19.2 Å². The molecule has 174 valence electrons. The van der Waals surface area contributed by atoms with Crippen molar-refractivity contribution in [3.05, 3.63) is 22.7 Å². The molecule has 1 amide bonds. The SMILES string of the molecule is COc1cc(N)c(Cl)cc1C(=O)NCC1CCN(CC2CCN(CCCN)CC2)CC1. The lowest BCUT2D eigenvalue weighted by Crippen LogP contribution is -2.43. The third-order valence-corrected chi connectivity index (χ3v) is 7.05. The number of likely N-dealkylation sites (tertiary alicyclic amines) is 2. The quantitative estimate of drug-likeness (QED) is 0.499. The number of methoxy groups -OCH3 is 1. The first kappa shape index (κ1) is 24.1. The minimum Gasteiger partial charge on any atom is -0.496 e. The summed E-state index contributed by atoms with van der Waals surface area (Å²) in [5, 5.41) is 3.42. The number of piperidine rings is 2. The van der Waals surface area contributed by atoms with E-state index in [0.717, 1.165) is 51.4 Å². The van der Waals surface area contributed by atoms with Crippen LogP contribution in [0.3, 0.4) is 0 Å². The summed E-state index contributed by atoms with van der Waals surface area (Å²) in [5.74, 6) is 1.60. The first-order valence-electron chi connectivity index (χ1n) is 11.6. The maximum absolute atomic E-state index is 12.6. The summed E-state index contributed by atoms with van der Waals surface area (Å²) in [6, 6.07) is 3.17. The number of nitrogen functional groups attached to an aromatic ring is 1. The molecule has 7 nitrogen and oxygen atoms in total. The Hall–Kier alpha value is -1.54. The Balaban J connectivity index is 1.37. The highest BCUT2D eigenvalue weighted by molar-refractivity contribution is 6.33. The first-order valence-corrected chi connectivity index (χ1v) is 11.9. The fourth-order valence-electron chi connectivity index (χ4n) is 4.69. The monoisotopic (exact) mass is 451 g/mol. The molecule has 0 aliphatic carbocycles. The number of nitrogens with zero attached hydrogens (tertiary/aromatic N) is 2. The van der Waals surface area contributed by atoms with Crippen molar-refractivity contribution in [1.82, 2.24) is 15.1 Å². The Bertz CT molecular complexity index is 716. The lowest BCUT2D eigenvalue weighted by Gasteiger charge is -2.37. The van der Waals surface area contributed by atoms with Crippen molar-refractivity contribution in [2.75, 3.05) is 65.2 Å². The predicted octanol–water partition coefficient (Wildman–Crippen LogP) is 2.43. The first-order chi connectivity index (χ1) is 15.0. The molecule has 2 aliphatic rings. The zero-order chi connectivity index (χ0) is 22.2. The van der Waals surface area contributed by atoms with E-state index in [0.29, 0.717) is 34.5 Å². The predicted molar refractivity (Wildman–Crippen MR) is 127 cm³/mol. The van der Waals surface area contributed by atoms with Gasteiger partial charge in [-0.05, 0) is 89.3 Å². The highest BCUT2D eigenvalue weighted by atomic mass is 35.5. The van der Waals surface area contributed by atoms with E-state index in [9.17, 15) is 4.79 Å². The molecule has 0 unspecified atom stereocenters. The van der Waals surface area contributed by atoms with Gasteiger partial charge in [-0.25, -0.2) is 0 Å². The summed E-state index contributed by atoms with van der Waals surface area (Å²) in [4.78, 5) is 17.8. The van der Waals surface area contributed by atoms with Gasteiger partial charge in [-0.3, -0.25) is 4.79 Å². The van der Waals surface area contributed by atoms with E-state index >= 15 is 0 Å². The van der Waals surface area contributed by atoms with E-state index in [-0.39, 0.29) is 5.91 Å². The van der Waals surface area contributed by atoms with Gasteiger partial charge in [-0.15, -0.1) is 0 Å². The third-order valence-electron chi connectivity index (χ3n) is 6.72. The molecule has 0 atom stereocenters. The number of hydrogen-bond acceptors (Lipinski definition) is 6. The van der Waals surface area contributed by atoms with E-state index in [1.165, 1.54) is 39.6 Å². The molecule has 0 spiro atoms. The van der Waals surface area contributed by atoms with Gasteiger partial charge in [0.15, 0.2) is 0 Å². The van der Waals surface area contributed by atoms with Crippen LogP contribution in [0.15, 0.2) is 12.1 Å². The number of benzene rings is 1. The highest BCUT2D eigenvalue weighted by Gasteiger charge is 2.25. The number of ether oxygens (including phenoxy) is 1. The maximum Gasteiger partial charge on any atom is 0.255 e. The molecule has 2 aliphatic heterocycles. The number of nitrogens with two attached hydrogens (primary N) is 2. The standard InChI is InChI=1S/C23H38ClN5O2/c1-31-22-14-21(26)20(24)13-19(22)23(30)27-15-17-3-11-29(12-4-17)16-18-5-9-28(10-6-18)8-2-7-25/h13-14,17-18H,2-12,15-16,25-26H2,1H3,(H,27,30). The van der Waals surface area contributed by atoms with Crippen LogP contribution in [0.1, 0.15) is 42.5 Å². The van der Waals surface area contributed by atoms with Crippen LogP contribution in [-0.4, -0.2) is 75.2 Å². The van der Waals surface area contributed by atoms with Crippen LogP contribution in [0.25, 0.3) is 0 Å². The van der Waals surface area contributed by atoms with Gasteiger partial charge in [0.25, 0.3) is 5.91 Å². The van der Waals surface area contributed by atoms with Crippen LogP contribution in [0.4, 0.5) is 5.69 Å². The molecule has 0 radical (unpaired) electrons. The Morgan fingerprint density at radius 2 is 1.77 bits per heavy atom. The second-order valence-electron chi connectivity index (χ2n) is 8.96. The molecule has 5 N–H and O–H groups in total. The lowest BCUT2D eigenvalue weighted by atomic mass is 9.92. The van der Waals surface area contributed by atoms with Crippen molar-refractivity contribution in [2.24, 2.45) is 17.6 Å². The fourth-order valence-corrected chi connectivity index (χ4v) is 4.86. The summed E-state index contributed by atoms with van der Waals surface area (Å²) in [5.41, 5.74) is 12.3. The molecule has 8 heteroatoms. The number of hydrogen-bond donors (Lipinski definition) is 3. The van der Waals surface area contributed by atoms with Crippen LogP contribution in [0.2, 0.25) is 5.02 Å². The van der Waals surface area contributed by atoms with Gasteiger partial charge < -0.3 is 31.3 Å². The van der Waals surface area contributed by atoms with Crippen LogP contribution in [0.5, 0.6) is 5.75 Å². The molecule has 1 aromatic rings. The van der Waals surface area contributed by atoms with Crippen LogP contribution in [-0.2, 0) is 0 Å². The molecular weight excluding hydrogens is 414 g/mol. The van der Waals surface area contributed by atoms with Gasteiger partial charge in [0.1, 0.15) is 5.75 Å².